The first-order valence-corrected chi connectivity index (χ1v) is 16.0. The van der Waals surface area contributed by atoms with Crippen molar-refractivity contribution in [3.8, 4) is 11.5 Å². The Kier molecular flexibility index (Phi) is 10.4. The van der Waals surface area contributed by atoms with Gasteiger partial charge in [-0.05, 0) is 62.1 Å². The SMILES string of the molecule is NC(=O)C1(CCC(=O)N(CCCc2ccccc2)C(=O)c2oc(-c3ccncc3)nc2CC2CCCCC2)CCCCC1. The van der Waals surface area contributed by atoms with Gasteiger partial charge in [-0.15, -0.1) is 0 Å². The third-order valence-corrected chi connectivity index (χ3v) is 9.41. The van der Waals surface area contributed by atoms with Crippen LogP contribution in [0.5, 0.6) is 0 Å². The lowest BCUT2D eigenvalue weighted by molar-refractivity contribution is -0.133. The molecule has 2 aliphatic carbocycles. The Morgan fingerprint density at radius 3 is 2.33 bits per heavy atom. The van der Waals surface area contributed by atoms with Crippen LogP contribution in [0.1, 0.15) is 105 Å². The Labute approximate surface area is 254 Å². The highest BCUT2D eigenvalue weighted by Crippen LogP contribution is 2.40. The minimum atomic E-state index is -0.681. The number of imide groups is 1. The molecule has 43 heavy (non-hydrogen) atoms. The van der Waals surface area contributed by atoms with E-state index in [2.05, 4.69) is 4.98 Å². The van der Waals surface area contributed by atoms with Crippen molar-refractivity contribution >= 4 is 17.7 Å². The normalized spacial score (nSPS) is 16.9. The first-order chi connectivity index (χ1) is 20.9. The first-order valence-electron chi connectivity index (χ1n) is 16.0. The van der Waals surface area contributed by atoms with Crippen LogP contribution in [0.15, 0.2) is 59.3 Å². The number of nitrogens with two attached hydrogens (primary N) is 1. The smallest absolute Gasteiger partial charge is 0.298 e. The molecule has 2 saturated carbocycles. The molecule has 0 saturated heterocycles. The molecule has 2 aromatic heterocycles. The molecule has 0 atom stereocenters. The fourth-order valence-electron chi connectivity index (χ4n) is 6.82. The van der Waals surface area contributed by atoms with Crippen molar-refractivity contribution in [1.29, 1.82) is 0 Å². The third-order valence-electron chi connectivity index (χ3n) is 9.41. The van der Waals surface area contributed by atoms with Gasteiger partial charge in [-0.25, -0.2) is 4.98 Å². The molecule has 2 heterocycles. The van der Waals surface area contributed by atoms with E-state index >= 15 is 0 Å². The summed E-state index contributed by atoms with van der Waals surface area (Å²) in [6.45, 7) is 0.254. The predicted molar refractivity (Wildman–Crippen MR) is 165 cm³/mol. The van der Waals surface area contributed by atoms with E-state index in [1.807, 2.05) is 30.3 Å². The number of primary amides is 1. The van der Waals surface area contributed by atoms with Gasteiger partial charge in [0.15, 0.2) is 0 Å². The molecule has 8 nitrogen and oxygen atoms in total. The average Bonchev–Trinajstić information content (AvgIpc) is 3.47. The molecular formula is C35H44N4O4. The summed E-state index contributed by atoms with van der Waals surface area (Å²) in [6, 6.07) is 13.7. The molecule has 5 rings (SSSR count). The van der Waals surface area contributed by atoms with Crippen molar-refractivity contribution in [2.45, 2.75) is 96.3 Å². The summed E-state index contributed by atoms with van der Waals surface area (Å²) < 4.78 is 6.20. The number of amides is 3. The third kappa shape index (κ3) is 7.78. The highest BCUT2D eigenvalue weighted by atomic mass is 16.4. The summed E-state index contributed by atoms with van der Waals surface area (Å²) in [5.41, 5.74) is 7.69. The van der Waals surface area contributed by atoms with Gasteiger partial charge in [0, 0.05) is 36.3 Å². The molecule has 0 aliphatic heterocycles. The Bertz CT molecular complexity index is 1360. The van der Waals surface area contributed by atoms with Crippen LogP contribution < -0.4 is 5.73 Å². The van der Waals surface area contributed by atoms with E-state index in [4.69, 9.17) is 15.1 Å². The Balaban J connectivity index is 1.41. The second kappa shape index (κ2) is 14.6. The van der Waals surface area contributed by atoms with Crippen LogP contribution in [0, 0.1) is 11.3 Å². The number of benzene rings is 1. The summed E-state index contributed by atoms with van der Waals surface area (Å²) >= 11 is 0. The standard InChI is InChI=1S/C35H44N4O4/c36-34(42)35(19-8-3-9-20-35)21-16-30(40)39(24-10-15-26-11-4-1-5-12-26)33(41)31-29(25-27-13-6-2-7-14-27)38-32(43-31)28-17-22-37-23-18-28/h1,4-5,11-12,17-18,22-23,27H,2-3,6-10,13-16,19-21,24-25H2,(H2,36,42). The molecular weight excluding hydrogens is 540 g/mol. The maximum absolute atomic E-state index is 14.3. The monoisotopic (exact) mass is 584 g/mol. The lowest BCUT2D eigenvalue weighted by Crippen LogP contribution is -2.42. The van der Waals surface area contributed by atoms with E-state index in [1.54, 1.807) is 24.5 Å². The van der Waals surface area contributed by atoms with E-state index in [-0.39, 0.29) is 30.5 Å². The lowest BCUT2D eigenvalue weighted by atomic mass is 9.70. The number of aromatic nitrogens is 2. The molecule has 3 aromatic rings. The number of hydrogen-bond donors (Lipinski definition) is 1. The fourth-order valence-corrected chi connectivity index (χ4v) is 6.82. The number of aryl methyl sites for hydroxylation is 1. The van der Waals surface area contributed by atoms with Gasteiger partial charge < -0.3 is 10.2 Å². The highest BCUT2D eigenvalue weighted by molar-refractivity contribution is 6.04. The van der Waals surface area contributed by atoms with E-state index < -0.39 is 11.3 Å². The minimum absolute atomic E-state index is 0.0866. The number of nitrogens with zero attached hydrogens (tertiary/aromatic N) is 3. The second-order valence-electron chi connectivity index (χ2n) is 12.4. The topological polar surface area (TPSA) is 119 Å². The van der Waals surface area contributed by atoms with Crippen LogP contribution in [-0.4, -0.2) is 39.1 Å². The van der Waals surface area contributed by atoms with Gasteiger partial charge in [0.1, 0.15) is 0 Å². The van der Waals surface area contributed by atoms with Crippen molar-refractivity contribution in [2.24, 2.45) is 17.1 Å². The van der Waals surface area contributed by atoms with E-state index in [0.29, 0.717) is 49.6 Å². The van der Waals surface area contributed by atoms with Gasteiger partial charge in [0.2, 0.25) is 23.5 Å². The summed E-state index contributed by atoms with van der Waals surface area (Å²) in [5.74, 6) is -0.146. The number of carbonyl (C=O) groups is 3. The van der Waals surface area contributed by atoms with Gasteiger partial charge >= 0.3 is 0 Å². The van der Waals surface area contributed by atoms with E-state index in [9.17, 15) is 14.4 Å². The van der Waals surface area contributed by atoms with Crippen LogP contribution in [0.3, 0.4) is 0 Å². The lowest BCUT2D eigenvalue weighted by Gasteiger charge is -2.34. The van der Waals surface area contributed by atoms with Crippen LogP contribution in [0.2, 0.25) is 0 Å². The van der Waals surface area contributed by atoms with Gasteiger partial charge in [-0.1, -0.05) is 81.7 Å². The molecule has 3 amide bonds. The summed E-state index contributed by atoms with van der Waals surface area (Å²) in [7, 11) is 0. The van der Waals surface area contributed by atoms with E-state index in [0.717, 1.165) is 49.7 Å². The Morgan fingerprint density at radius 1 is 0.930 bits per heavy atom. The zero-order chi connectivity index (χ0) is 30.1. The molecule has 8 heteroatoms. The van der Waals surface area contributed by atoms with Crippen LogP contribution in [0.4, 0.5) is 0 Å². The van der Waals surface area contributed by atoms with Crippen molar-refractivity contribution in [3.63, 3.8) is 0 Å². The van der Waals surface area contributed by atoms with Gasteiger partial charge in [0.25, 0.3) is 5.91 Å². The Morgan fingerprint density at radius 2 is 1.63 bits per heavy atom. The molecule has 0 bridgehead atoms. The average molecular weight is 585 g/mol. The molecule has 228 valence electrons. The fraction of sp³-hybridized carbons (Fsp3) is 0.514. The molecule has 2 N–H and O–H groups in total. The molecule has 1 aromatic carbocycles. The minimum Gasteiger partial charge on any atom is -0.431 e. The maximum atomic E-state index is 14.3. The van der Waals surface area contributed by atoms with Gasteiger partial charge in [0.05, 0.1) is 5.69 Å². The first kappa shape index (κ1) is 30.6. The zero-order valence-corrected chi connectivity index (χ0v) is 25.1. The molecule has 0 spiro atoms. The van der Waals surface area contributed by atoms with Gasteiger partial charge in [-0.3, -0.25) is 24.3 Å². The molecule has 0 unspecified atom stereocenters. The second-order valence-corrected chi connectivity index (χ2v) is 12.4. The van der Waals surface area contributed by atoms with Crippen molar-refractivity contribution in [3.05, 3.63) is 71.9 Å². The zero-order valence-electron chi connectivity index (χ0n) is 25.1. The van der Waals surface area contributed by atoms with Crippen molar-refractivity contribution in [2.75, 3.05) is 6.54 Å². The summed E-state index contributed by atoms with van der Waals surface area (Å²) in [5, 5.41) is 0. The van der Waals surface area contributed by atoms with E-state index in [1.165, 1.54) is 24.2 Å². The number of hydrogen-bond acceptors (Lipinski definition) is 6. The van der Waals surface area contributed by atoms with Crippen molar-refractivity contribution < 1.29 is 18.8 Å². The number of oxazole rings is 1. The molecule has 2 aliphatic rings. The maximum Gasteiger partial charge on any atom is 0.298 e. The Hall–Kier alpha value is -3.81. The number of pyridine rings is 1. The number of carbonyl (C=O) groups excluding carboxylic acids is 3. The largest absolute Gasteiger partial charge is 0.431 e. The van der Waals surface area contributed by atoms with Gasteiger partial charge in [-0.2, -0.15) is 0 Å². The van der Waals surface area contributed by atoms with Crippen LogP contribution in [0.25, 0.3) is 11.5 Å². The summed E-state index contributed by atoms with van der Waals surface area (Å²) in [6.07, 6.45) is 15.9. The quantitative estimate of drug-likeness (QED) is 0.254. The summed E-state index contributed by atoms with van der Waals surface area (Å²) in [4.78, 5) is 50.9. The van der Waals surface area contributed by atoms with Crippen LogP contribution in [-0.2, 0) is 22.4 Å². The highest BCUT2D eigenvalue weighted by Gasteiger charge is 2.39. The molecule has 0 radical (unpaired) electrons. The van der Waals surface area contributed by atoms with Crippen LogP contribution >= 0.6 is 0 Å². The predicted octanol–water partition coefficient (Wildman–Crippen LogP) is 6.68. The number of rotatable bonds is 12. The molecule has 2 fully saturated rings. The van der Waals surface area contributed by atoms with Crippen molar-refractivity contribution in [1.82, 2.24) is 14.9 Å².